The molecule has 2 heteroatoms. The molecule has 0 N–H and O–H groups in total. The topological polar surface area (TPSA) is 16.4 Å². The summed E-state index contributed by atoms with van der Waals surface area (Å²) in [5.74, 6) is 0. The molecule has 0 amide bonds. The molecular formula is C17H17NO. The summed E-state index contributed by atoms with van der Waals surface area (Å²) in [5.41, 5.74) is 3.03. The van der Waals surface area contributed by atoms with Crippen LogP contribution in [0.5, 0.6) is 0 Å². The fraction of sp³-hybridized carbons (Fsp3) is 0.176. The van der Waals surface area contributed by atoms with Crippen molar-refractivity contribution in [2.75, 3.05) is 11.4 Å². The number of hydrogen-bond acceptors (Lipinski definition) is 2. The number of allylic oxidation sites excluding steroid dienone is 1. The maximum Gasteiger partial charge on any atom is 0.159 e. The molecule has 3 aromatic rings. The summed E-state index contributed by atoms with van der Waals surface area (Å²) in [5, 5.41) is 2.35. The number of fused-ring (bicyclic) bond motifs is 3. The van der Waals surface area contributed by atoms with Gasteiger partial charge in [0.2, 0.25) is 0 Å². The van der Waals surface area contributed by atoms with Gasteiger partial charge >= 0.3 is 0 Å². The van der Waals surface area contributed by atoms with E-state index in [1.54, 1.807) is 0 Å². The normalized spacial score (nSPS) is 11.7. The van der Waals surface area contributed by atoms with Crippen LogP contribution >= 0.6 is 0 Å². The average molecular weight is 251 g/mol. The molecule has 96 valence electrons. The standard InChI is InChI=1S/C17H17NO/c1-3-12-18(4-2)15-10-7-9-14-13-8-5-6-11-16(13)19-17(14)15/h3,5-12H,4H2,1-2H3/b12-3-. The quantitative estimate of drug-likeness (QED) is 0.655. The number of anilines is 1. The predicted octanol–water partition coefficient (Wildman–Crippen LogP) is 4.95. The summed E-state index contributed by atoms with van der Waals surface area (Å²) in [6, 6.07) is 14.5. The zero-order chi connectivity index (χ0) is 13.2. The average Bonchev–Trinajstić information content (AvgIpc) is 2.83. The Hall–Kier alpha value is -2.22. The highest BCUT2D eigenvalue weighted by Crippen LogP contribution is 2.34. The SMILES string of the molecule is C/C=C\N(CC)c1cccc2c1oc1ccccc12. The van der Waals surface area contributed by atoms with E-state index < -0.39 is 0 Å². The molecule has 0 saturated carbocycles. The fourth-order valence-corrected chi connectivity index (χ4v) is 2.49. The number of rotatable bonds is 3. The highest BCUT2D eigenvalue weighted by molar-refractivity contribution is 6.08. The zero-order valence-corrected chi connectivity index (χ0v) is 11.3. The van der Waals surface area contributed by atoms with Crippen LogP contribution < -0.4 is 4.90 Å². The van der Waals surface area contributed by atoms with E-state index >= 15 is 0 Å². The third-order valence-electron chi connectivity index (χ3n) is 3.36. The summed E-state index contributed by atoms with van der Waals surface area (Å²) in [4.78, 5) is 2.20. The van der Waals surface area contributed by atoms with Gasteiger partial charge in [-0.3, -0.25) is 0 Å². The Morgan fingerprint density at radius 1 is 1.05 bits per heavy atom. The van der Waals surface area contributed by atoms with E-state index in [4.69, 9.17) is 4.42 Å². The van der Waals surface area contributed by atoms with Crippen molar-refractivity contribution in [3.8, 4) is 0 Å². The Labute approximate surface area is 112 Å². The van der Waals surface area contributed by atoms with Crippen LogP contribution in [0.2, 0.25) is 0 Å². The van der Waals surface area contributed by atoms with Crippen molar-refractivity contribution in [2.45, 2.75) is 13.8 Å². The van der Waals surface area contributed by atoms with Crippen molar-refractivity contribution in [2.24, 2.45) is 0 Å². The maximum atomic E-state index is 6.04. The minimum absolute atomic E-state index is 0.917. The van der Waals surface area contributed by atoms with Crippen LogP contribution in [0.3, 0.4) is 0 Å². The molecular weight excluding hydrogens is 234 g/mol. The number of nitrogens with zero attached hydrogens (tertiary/aromatic N) is 1. The van der Waals surface area contributed by atoms with E-state index in [-0.39, 0.29) is 0 Å². The van der Waals surface area contributed by atoms with Crippen LogP contribution in [0, 0.1) is 0 Å². The van der Waals surface area contributed by atoms with Gasteiger partial charge < -0.3 is 9.32 Å². The molecule has 2 nitrogen and oxygen atoms in total. The summed E-state index contributed by atoms with van der Waals surface area (Å²) in [7, 11) is 0. The molecule has 2 aromatic carbocycles. The van der Waals surface area contributed by atoms with Crippen LogP contribution in [-0.2, 0) is 0 Å². The lowest BCUT2D eigenvalue weighted by Crippen LogP contribution is -2.14. The lowest BCUT2D eigenvalue weighted by Gasteiger charge is -2.18. The Morgan fingerprint density at radius 2 is 1.84 bits per heavy atom. The van der Waals surface area contributed by atoms with Crippen molar-refractivity contribution in [3.05, 3.63) is 54.7 Å². The van der Waals surface area contributed by atoms with E-state index in [2.05, 4.69) is 42.3 Å². The number of hydrogen-bond donors (Lipinski definition) is 0. The van der Waals surface area contributed by atoms with Gasteiger partial charge in [0.15, 0.2) is 5.58 Å². The van der Waals surface area contributed by atoms with Gasteiger partial charge in [-0.05, 0) is 32.2 Å². The molecule has 0 aliphatic carbocycles. The molecule has 1 aromatic heterocycles. The van der Waals surface area contributed by atoms with E-state index in [0.717, 1.165) is 23.4 Å². The minimum Gasteiger partial charge on any atom is -0.454 e. The van der Waals surface area contributed by atoms with Gasteiger partial charge in [0, 0.05) is 17.3 Å². The van der Waals surface area contributed by atoms with Crippen LogP contribution in [0.15, 0.2) is 59.2 Å². The smallest absolute Gasteiger partial charge is 0.159 e. The molecule has 0 radical (unpaired) electrons. The zero-order valence-electron chi connectivity index (χ0n) is 11.3. The molecule has 0 spiro atoms. The lowest BCUT2D eigenvalue weighted by atomic mass is 10.1. The second-order valence-electron chi connectivity index (χ2n) is 4.52. The molecule has 3 rings (SSSR count). The molecule has 0 atom stereocenters. The van der Waals surface area contributed by atoms with E-state index in [1.807, 2.05) is 31.2 Å². The summed E-state index contributed by atoms with van der Waals surface area (Å²) >= 11 is 0. The predicted molar refractivity (Wildman–Crippen MR) is 81.6 cm³/mol. The monoisotopic (exact) mass is 251 g/mol. The van der Waals surface area contributed by atoms with Crippen molar-refractivity contribution in [1.29, 1.82) is 0 Å². The molecule has 0 unspecified atom stereocenters. The van der Waals surface area contributed by atoms with Gasteiger partial charge in [-0.1, -0.05) is 36.4 Å². The first-order valence-corrected chi connectivity index (χ1v) is 6.65. The summed E-state index contributed by atoms with van der Waals surface area (Å²) < 4.78 is 6.04. The molecule has 19 heavy (non-hydrogen) atoms. The van der Waals surface area contributed by atoms with E-state index in [9.17, 15) is 0 Å². The molecule has 0 saturated heterocycles. The lowest BCUT2D eigenvalue weighted by molar-refractivity contribution is 0.668. The molecule has 0 aliphatic rings. The first-order valence-electron chi connectivity index (χ1n) is 6.65. The van der Waals surface area contributed by atoms with Gasteiger partial charge in [0.1, 0.15) is 5.58 Å². The number of para-hydroxylation sites is 2. The Morgan fingerprint density at radius 3 is 2.63 bits per heavy atom. The number of furan rings is 1. The maximum absolute atomic E-state index is 6.04. The third kappa shape index (κ3) is 1.89. The third-order valence-corrected chi connectivity index (χ3v) is 3.36. The molecule has 0 fully saturated rings. The van der Waals surface area contributed by atoms with Crippen molar-refractivity contribution >= 4 is 27.6 Å². The molecule has 1 heterocycles. The first-order chi connectivity index (χ1) is 9.35. The van der Waals surface area contributed by atoms with Gasteiger partial charge in [-0.15, -0.1) is 0 Å². The molecule has 0 bridgehead atoms. The van der Waals surface area contributed by atoms with Gasteiger partial charge in [-0.25, -0.2) is 0 Å². The first kappa shape index (κ1) is 11.8. The Kier molecular flexibility index (Phi) is 3.00. The fourth-order valence-electron chi connectivity index (χ4n) is 2.49. The highest BCUT2D eigenvalue weighted by Gasteiger charge is 2.12. The van der Waals surface area contributed by atoms with E-state index in [0.29, 0.717) is 0 Å². The van der Waals surface area contributed by atoms with Gasteiger partial charge in [-0.2, -0.15) is 0 Å². The number of benzene rings is 2. The summed E-state index contributed by atoms with van der Waals surface area (Å²) in [6.07, 6.45) is 4.13. The van der Waals surface area contributed by atoms with Crippen LogP contribution in [0.4, 0.5) is 5.69 Å². The summed E-state index contributed by atoms with van der Waals surface area (Å²) in [6.45, 7) is 5.09. The second kappa shape index (κ2) is 4.81. The Balaban J connectivity index is 2.31. The van der Waals surface area contributed by atoms with Crippen LogP contribution in [0.25, 0.3) is 21.9 Å². The van der Waals surface area contributed by atoms with Crippen molar-refractivity contribution < 1.29 is 4.42 Å². The minimum atomic E-state index is 0.917. The van der Waals surface area contributed by atoms with Crippen molar-refractivity contribution in [3.63, 3.8) is 0 Å². The van der Waals surface area contributed by atoms with Crippen LogP contribution in [0.1, 0.15) is 13.8 Å². The largest absolute Gasteiger partial charge is 0.454 e. The van der Waals surface area contributed by atoms with Crippen molar-refractivity contribution in [1.82, 2.24) is 0 Å². The van der Waals surface area contributed by atoms with Gasteiger partial charge in [0.05, 0.1) is 5.69 Å². The van der Waals surface area contributed by atoms with Gasteiger partial charge in [0.25, 0.3) is 0 Å². The van der Waals surface area contributed by atoms with E-state index in [1.165, 1.54) is 10.8 Å². The molecule has 0 aliphatic heterocycles. The Bertz CT molecular complexity index is 739. The highest BCUT2D eigenvalue weighted by atomic mass is 16.3. The second-order valence-corrected chi connectivity index (χ2v) is 4.52. The van der Waals surface area contributed by atoms with Crippen LogP contribution in [-0.4, -0.2) is 6.54 Å².